The maximum absolute atomic E-state index is 12.2. The molecule has 0 heterocycles. The molecule has 0 spiro atoms. The Morgan fingerprint density at radius 1 is 1.14 bits per heavy atom. The van der Waals surface area contributed by atoms with Crippen molar-refractivity contribution >= 4 is 39.3 Å². The summed E-state index contributed by atoms with van der Waals surface area (Å²) in [7, 11) is 0. The van der Waals surface area contributed by atoms with Gasteiger partial charge in [0.05, 0.1) is 0 Å². The Bertz CT molecular complexity index is 689. The molecule has 4 nitrogen and oxygen atoms in total. The van der Waals surface area contributed by atoms with Crippen molar-refractivity contribution in [3.63, 3.8) is 0 Å². The summed E-state index contributed by atoms with van der Waals surface area (Å²) in [4.78, 5) is 23.8. The number of hydrogen-bond donors (Lipinski definition) is 2. The average molecular weight is 382 g/mol. The minimum absolute atomic E-state index is 0.316. The van der Waals surface area contributed by atoms with Gasteiger partial charge in [-0.2, -0.15) is 0 Å². The third kappa shape index (κ3) is 4.32. The molecule has 2 amide bonds. The summed E-state index contributed by atoms with van der Waals surface area (Å²) in [6, 6.07) is 13.1. The van der Waals surface area contributed by atoms with Crippen LogP contribution < -0.4 is 11.1 Å². The van der Waals surface area contributed by atoms with E-state index in [1.807, 2.05) is 24.3 Å². The number of amides is 2. The van der Waals surface area contributed by atoms with Crippen LogP contribution in [0.1, 0.15) is 15.9 Å². The van der Waals surface area contributed by atoms with E-state index in [0.717, 1.165) is 10.0 Å². The van der Waals surface area contributed by atoms with Crippen molar-refractivity contribution in [2.45, 2.75) is 12.5 Å². The second-order valence-electron chi connectivity index (χ2n) is 4.73. The van der Waals surface area contributed by atoms with Gasteiger partial charge >= 0.3 is 0 Å². The van der Waals surface area contributed by atoms with Gasteiger partial charge in [-0.15, -0.1) is 0 Å². The van der Waals surface area contributed by atoms with Gasteiger partial charge in [0.15, 0.2) is 0 Å². The smallest absolute Gasteiger partial charge is 0.251 e. The lowest BCUT2D eigenvalue weighted by Crippen LogP contribution is -2.45. The van der Waals surface area contributed by atoms with Crippen molar-refractivity contribution in [1.29, 1.82) is 0 Å². The van der Waals surface area contributed by atoms with E-state index in [1.165, 1.54) is 0 Å². The molecule has 0 unspecified atom stereocenters. The quantitative estimate of drug-likeness (QED) is 0.836. The third-order valence-corrected chi connectivity index (χ3v) is 4.16. The number of primary amides is 1. The van der Waals surface area contributed by atoms with Crippen LogP contribution in [0.2, 0.25) is 5.02 Å². The molecule has 0 aliphatic heterocycles. The second kappa shape index (κ2) is 7.42. The molecule has 3 N–H and O–H groups in total. The van der Waals surface area contributed by atoms with Gasteiger partial charge in [0.25, 0.3) is 5.91 Å². The first kappa shape index (κ1) is 16.5. The summed E-state index contributed by atoms with van der Waals surface area (Å²) in [5, 5.41) is 3.19. The monoisotopic (exact) mass is 380 g/mol. The molecule has 22 heavy (non-hydrogen) atoms. The van der Waals surface area contributed by atoms with Crippen LogP contribution in [0.15, 0.2) is 53.0 Å². The summed E-state index contributed by atoms with van der Waals surface area (Å²) in [6.07, 6.45) is 0.316. The lowest BCUT2D eigenvalue weighted by molar-refractivity contribution is -0.119. The van der Waals surface area contributed by atoms with E-state index in [9.17, 15) is 9.59 Å². The zero-order chi connectivity index (χ0) is 16.1. The molecule has 0 saturated heterocycles. The summed E-state index contributed by atoms with van der Waals surface area (Å²) >= 11 is 9.20. The van der Waals surface area contributed by atoms with E-state index in [2.05, 4.69) is 21.2 Å². The summed E-state index contributed by atoms with van der Waals surface area (Å²) in [6.45, 7) is 0. The van der Waals surface area contributed by atoms with E-state index >= 15 is 0 Å². The van der Waals surface area contributed by atoms with Crippen molar-refractivity contribution in [3.8, 4) is 0 Å². The molecule has 0 radical (unpaired) electrons. The molecular weight excluding hydrogens is 368 g/mol. The van der Waals surface area contributed by atoms with Crippen molar-refractivity contribution < 1.29 is 9.59 Å². The summed E-state index contributed by atoms with van der Waals surface area (Å²) < 4.78 is 0.863. The van der Waals surface area contributed by atoms with E-state index in [0.29, 0.717) is 17.0 Å². The molecule has 2 aromatic carbocycles. The number of rotatable bonds is 5. The van der Waals surface area contributed by atoms with Gasteiger partial charge < -0.3 is 11.1 Å². The minimum atomic E-state index is -0.790. The van der Waals surface area contributed by atoms with Crippen LogP contribution in [0.4, 0.5) is 0 Å². The zero-order valence-corrected chi connectivity index (χ0v) is 13.9. The van der Waals surface area contributed by atoms with Crippen molar-refractivity contribution in [2.24, 2.45) is 5.73 Å². The number of nitrogens with two attached hydrogens (primary N) is 1. The Morgan fingerprint density at radius 3 is 2.36 bits per heavy atom. The number of hydrogen-bond acceptors (Lipinski definition) is 2. The highest BCUT2D eigenvalue weighted by atomic mass is 79.9. The van der Waals surface area contributed by atoms with Crippen molar-refractivity contribution in [2.75, 3.05) is 0 Å². The number of carbonyl (C=O) groups is 2. The van der Waals surface area contributed by atoms with Gasteiger partial charge in [-0.1, -0.05) is 45.7 Å². The van der Waals surface area contributed by atoms with Crippen LogP contribution in [0.3, 0.4) is 0 Å². The van der Waals surface area contributed by atoms with Crippen LogP contribution >= 0.6 is 27.5 Å². The van der Waals surface area contributed by atoms with Crippen molar-refractivity contribution in [1.82, 2.24) is 5.32 Å². The predicted octanol–water partition coefficient (Wildman–Crippen LogP) is 2.93. The molecule has 2 rings (SSSR count). The number of carbonyl (C=O) groups excluding carboxylic acids is 2. The molecule has 1 atom stereocenters. The van der Waals surface area contributed by atoms with Gasteiger partial charge in [0.2, 0.25) is 5.91 Å². The van der Waals surface area contributed by atoms with Crippen LogP contribution in [0.25, 0.3) is 0 Å². The highest BCUT2D eigenvalue weighted by molar-refractivity contribution is 9.10. The number of benzene rings is 2. The fourth-order valence-corrected chi connectivity index (χ4v) is 2.52. The van der Waals surface area contributed by atoms with Gasteiger partial charge in [-0.25, -0.2) is 0 Å². The molecule has 6 heteroatoms. The molecule has 114 valence electrons. The highest BCUT2D eigenvalue weighted by Gasteiger charge is 2.20. The van der Waals surface area contributed by atoms with Crippen LogP contribution in [-0.2, 0) is 11.2 Å². The van der Waals surface area contributed by atoms with Gasteiger partial charge in [0.1, 0.15) is 6.04 Å². The maximum Gasteiger partial charge on any atom is 0.251 e. The van der Waals surface area contributed by atoms with E-state index in [-0.39, 0.29) is 5.91 Å². The topological polar surface area (TPSA) is 72.2 Å². The molecule has 0 fully saturated rings. The third-order valence-electron chi connectivity index (χ3n) is 3.14. The largest absolute Gasteiger partial charge is 0.368 e. The Labute approximate surface area is 141 Å². The van der Waals surface area contributed by atoms with Gasteiger partial charge in [-0.3, -0.25) is 9.59 Å². The first-order valence-electron chi connectivity index (χ1n) is 6.56. The molecule has 0 saturated carbocycles. The normalized spacial score (nSPS) is 11.7. The molecular formula is C16H14BrClN2O2. The fraction of sp³-hybridized carbons (Fsp3) is 0.125. The van der Waals surface area contributed by atoms with E-state index < -0.39 is 11.9 Å². The molecule has 0 aromatic heterocycles. The number of halogens is 2. The first-order valence-corrected chi connectivity index (χ1v) is 7.73. The summed E-state index contributed by atoms with van der Waals surface area (Å²) in [5.74, 6) is -0.953. The SMILES string of the molecule is NC(=O)[C@@H](Cc1ccccc1Br)NC(=O)c1ccc(Cl)cc1. The Kier molecular flexibility index (Phi) is 5.57. The highest BCUT2D eigenvalue weighted by Crippen LogP contribution is 2.18. The Morgan fingerprint density at radius 2 is 1.77 bits per heavy atom. The molecule has 0 bridgehead atoms. The van der Waals surface area contributed by atoms with Crippen molar-refractivity contribution in [3.05, 3.63) is 69.2 Å². The summed E-state index contributed by atoms with van der Waals surface area (Å²) in [5.41, 5.74) is 6.71. The fourth-order valence-electron chi connectivity index (χ4n) is 1.95. The first-order chi connectivity index (χ1) is 10.5. The van der Waals surface area contributed by atoms with Gasteiger partial charge in [-0.05, 0) is 35.9 Å². The second-order valence-corrected chi connectivity index (χ2v) is 6.02. The minimum Gasteiger partial charge on any atom is -0.368 e. The van der Waals surface area contributed by atoms with Crippen LogP contribution in [0.5, 0.6) is 0 Å². The Hall–Kier alpha value is -1.85. The lowest BCUT2D eigenvalue weighted by atomic mass is 10.0. The predicted molar refractivity (Wildman–Crippen MR) is 89.7 cm³/mol. The number of nitrogens with one attached hydrogen (secondary N) is 1. The maximum atomic E-state index is 12.2. The zero-order valence-electron chi connectivity index (χ0n) is 11.6. The lowest BCUT2D eigenvalue weighted by Gasteiger charge is -2.16. The molecule has 2 aromatic rings. The standard InChI is InChI=1S/C16H14BrClN2O2/c17-13-4-2-1-3-11(13)9-14(15(19)21)20-16(22)10-5-7-12(18)8-6-10/h1-8,14H,9H2,(H2,19,21)(H,20,22)/t14-/m1/s1. The van der Waals surface area contributed by atoms with E-state index in [4.69, 9.17) is 17.3 Å². The molecule has 0 aliphatic rings. The molecule has 0 aliphatic carbocycles. The van der Waals surface area contributed by atoms with E-state index in [1.54, 1.807) is 24.3 Å². The average Bonchev–Trinajstić information content (AvgIpc) is 2.49. The van der Waals surface area contributed by atoms with Crippen LogP contribution in [-0.4, -0.2) is 17.9 Å². The van der Waals surface area contributed by atoms with Crippen LogP contribution in [0, 0.1) is 0 Å². The Balaban J connectivity index is 2.12. The van der Waals surface area contributed by atoms with Gasteiger partial charge in [0, 0.05) is 21.5 Å².